The van der Waals surface area contributed by atoms with E-state index < -0.39 is 0 Å². The molecule has 90 valence electrons. The average molecular weight is 222 g/mol. The first-order chi connectivity index (χ1) is 7.60. The molecule has 0 aromatic rings. The summed E-state index contributed by atoms with van der Waals surface area (Å²) in [5.41, 5.74) is 1.96. The molecule has 2 nitrogen and oxygen atoms in total. The van der Waals surface area contributed by atoms with E-state index >= 15 is 0 Å². The van der Waals surface area contributed by atoms with Gasteiger partial charge in [-0.15, -0.1) is 0 Å². The first-order valence-electron chi connectivity index (χ1n) is 6.67. The van der Waals surface area contributed by atoms with E-state index in [0.717, 1.165) is 12.8 Å². The van der Waals surface area contributed by atoms with Crippen LogP contribution in [0.1, 0.15) is 52.4 Å². The van der Waals surface area contributed by atoms with Crippen LogP contribution in [0, 0.1) is 11.3 Å². The van der Waals surface area contributed by atoms with Crippen LogP contribution in [0.25, 0.3) is 0 Å². The smallest absolute Gasteiger partial charge is 0.121 e. The van der Waals surface area contributed by atoms with Crippen molar-refractivity contribution in [1.82, 2.24) is 0 Å². The van der Waals surface area contributed by atoms with Crippen LogP contribution >= 0.6 is 0 Å². The molecule has 1 aliphatic heterocycles. The van der Waals surface area contributed by atoms with Crippen molar-refractivity contribution < 1.29 is 9.84 Å². The number of hydrogen-bond acceptors (Lipinski definition) is 2. The highest BCUT2D eigenvalue weighted by Gasteiger charge is 2.46. The van der Waals surface area contributed by atoms with Crippen molar-refractivity contribution in [3.8, 4) is 0 Å². The van der Waals surface area contributed by atoms with Gasteiger partial charge in [-0.05, 0) is 43.1 Å². The molecule has 0 saturated heterocycles. The molecular weight excluding hydrogens is 200 g/mol. The van der Waals surface area contributed by atoms with E-state index in [1.54, 1.807) is 0 Å². The van der Waals surface area contributed by atoms with Crippen LogP contribution in [0.3, 0.4) is 0 Å². The van der Waals surface area contributed by atoms with Gasteiger partial charge in [0.05, 0.1) is 11.9 Å². The van der Waals surface area contributed by atoms with Crippen molar-refractivity contribution in [2.24, 2.45) is 11.3 Å². The van der Waals surface area contributed by atoms with E-state index in [-0.39, 0.29) is 12.2 Å². The molecule has 0 bridgehead atoms. The molecule has 2 aliphatic carbocycles. The number of allylic oxidation sites excluding steroid dienone is 1. The van der Waals surface area contributed by atoms with Crippen LogP contribution in [0.5, 0.6) is 0 Å². The van der Waals surface area contributed by atoms with E-state index in [0.29, 0.717) is 11.3 Å². The first kappa shape index (κ1) is 10.6. The first-order valence-corrected chi connectivity index (χ1v) is 6.67. The van der Waals surface area contributed by atoms with E-state index in [4.69, 9.17) is 4.74 Å². The third-order valence-corrected chi connectivity index (χ3v) is 5.08. The lowest BCUT2D eigenvalue weighted by molar-refractivity contribution is -0.0275. The fourth-order valence-electron chi connectivity index (χ4n) is 3.97. The number of hydrogen-bond donors (Lipinski definition) is 1. The maximum atomic E-state index is 9.96. The monoisotopic (exact) mass is 222 g/mol. The maximum Gasteiger partial charge on any atom is 0.121 e. The van der Waals surface area contributed by atoms with Crippen molar-refractivity contribution in [3.63, 3.8) is 0 Å². The Morgan fingerprint density at radius 1 is 1.38 bits per heavy atom. The molecule has 0 amide bonds. The second-order valence-electron chi connectivity index (χ2n) is 6.14. The van der Waals surface area contributed by atoms with Crippen LogP contribution < -0.4 is 0 Å². The van der Waals surface area contributed by atoms with Gasteiger partial charge in [-0.3, -0.25) is 0 Å². The fraction of sp³-hybridized carbons (Fsp3) is 0.857. The molecule has 16 heavy (non-hydrogen) atoms. The normalized spacial score (nSPS) is 47.3. The minimum atomic E-state index is -0.290. The average Bonchev–Trinajstić information content (AvgIpc) is 2.63. The Morgan fingerprint density at radius 3 is 3.00 bits per heavy atom. The molecule has 1 heterocycles. The SMILES string of the molecule is CC1OC2=C(CC1O)C1CCC[C@@]1(C)CC2. The zero-order chi connectivity index (χ0) is 11.3. The van der Waals surface area contributed by atoms with Crippen LogP contribution in [-0.4, -0.2) is 17.3 Å². The number of fused-ring (bicyclic) bond motifs is 2. The molecule has 3 unspecified atom stereocenters. The lowest BCUT2D eigenvalue weighted by Gasteiger charge is -2.43. The van der Waals surface area contributed by atoms with E-state index in [1.165, 1.54) is 37.0 Å². The van der Waals surface area contributed by atoms with Crippen molar-refractivity contribution in [1.29, 1.82) is 0 Å². The molecule has 4 atom stereocenters. The molecule has 1 fully saturated rings. The van der Waals surface area contributed by atoms with Crippen molar-refractivity contribution in [2.45, 2.75) is 64.6 Å². The number of rotatable bonds is 0. The van der Waals surface area contributed by atoms with E-state index in [2.05, 4.69) is 6.92 Å². The second-order valence-corrected chi connectivity index (χ2v) is 6.14. The van der Waals surface area contributed by atoms with E-state index in [9.17, 15) is 5.11 Å². The predicted molar refractivity (Wildman–Crippen MR) is 62.9 cm³/mol. The molecule has 0 spiro atoms. The summed E-state index contributed by atoms with van der Waals surface area (Å²) in [4.78, 5) is 0. The van der Waals surface area contributed by atoms with Gasteiger partial charge >= 0.3 is 0 Å². The molecule has 1 saturated carbocycles. The minimum Gasteiger partial charge on any atom is -0.492 e. The van der Waals surface area contributed by atoms with Crippen molar-refractivity contribution >= 4 is 0 Å². The molecule has 0 aromatic heterocycles. The predicted octanol–water partition coefficient (Wildman–Crippen LogP) is 3.01. The summed E-state index contributed by atoms with van der Waals surface area (Å²) in [6.07, 6.45) is 6.95. The maximum absolute atomic E-state index is 9.96. The molecule has 3 aliphatic rings. The van der Waals surface area contributed by atoms with Crippen LogP contribution in [0.2, 0.25) is 0 Å². The molecular formula is C14H22O2. The number of ether oxygens (including phenoxy) is 1. The fourth-order valence-corrected chi connectivity index (χ4v) is 3.97. The Kier molecular flexibility index (Phi) is 2.32. The highest BCUT2D eigenvalue weighted by Crippen LogP contribution is 2.56. The summed E-state index contributed by atoms with van der Waals surface area (Å²) < 4.78 is 5.89. The van der Waals surface area contributed by atoms with Gasteiger partial charge in [-0.25, -0.2) is 0 Å². The highest BCUT2D eigenvalue weighted by molar-refractivity contribution is 5.24. The summed E-state index contributed by atoms with van der Waals surface area (Å²) in [7, 11) is 0. The Bertz CT molecular complexity index is 334. The van der Waals surface area contributed by atoms with E-state index in [1.807, 2.05) is 6.92 Å². The Balaban J connectivity index is 1.94. The van der Waals surface area contributed by atoms with Gasteiger partial charge in [-0.1, -0.05) is 13.3 Å². The van der Waals surface area contributed by atoms with Crippen molar-refractivity contribution in [2.75, 3.05) is 0 Å². The van der Waals surface area contributed by atoms with Gasteiger partial charge in [0.15, 0.2) is 0 Å². The molecule has 0 radical (unpaired) electrons. The molecule has 3 rings (SSSR count). The second kappa shape index (κ2) is 3.49. The summed E-state index contributed by atoms with van der Waals surface area (Å²) in [6.45, 7) is 4.41. The highest BCUT2D eigenvalue weighted by atomic mass is 16.5. The van der Waals surface area contributed by atoms with Gasteiger partial charge < -0.3 is 9.84 Å². The van der Waals surface area contributed by atoms with Crippen LogP contribution in [0.15, 0.2) is 11.3 Å². The molecule has 2 heteroatoms. The Morgan fingerprint density at radius 2 is 2.19 bits per heavy atom. The van der Waals surface area contributed by atoms with Crippen molar-refractivity contribution in [3.05, 3.63) is 11.3 Å². The van der Waals surface area contributed by atoms with Gasteiger partial charge in [0, 0.05) is 12.8 Å². The zero-order valence-electron chi connectivity index (χ0n) is 10.3. The van der Waals surface area contributed by atoms with Gasteiger partial charge in [0.25, 0.3) is 0 Å². The topological polar surface area (TPSA) is 29.5 Å². The Hall–Kier alpha value is -0.500. The van der Waals surface area contributed by atoms with Gasteiger partial charge in [0.1, 0.15) is 6.10 Å². The molecule has 1 N–H and O–H groups in total. The quantitative estimate of drug-likeness (QED) is 0.682. The summed E-state index contributed by atoms with van der Waals surface area (Å²) >= 11 is 0. The van der Waals surface area contributed by atoms with Crippen LogP contribution in [-0.2, 0) is 4.74 Å². The Labute approximate surface area is 97.7 Å². The summed E-state index contributed by atoms with van der Waals surface area (Å²) in [5, 5.41) is 9.96. The standard InChI is InChI=1S/C14H22O2/c1-9-12(15)8-10-11-4-3-6-14(11,2)7-5-13(10)16-9/h9,11-12,15H,3-8H2,1-2H3/t9?,11?,12?,14-/m0/s1. The number of aliphatic hydroxyl groups is 1. The van der Waals surface area contributed by atoms with Gasteiger partial charge in [-0.2, -0.15) is 0 Å². The summed E-state index contributed by atoms with van der Waals surface area (Å²) in [6, 6.07) is 0. The third-order valence-electron chi connectivity index (χ3n) is 5.08. The minimum absolute atomic E-state index is 0.00971. The van der Waals surface area contributed by atoms with Gasteiger partial charge in [0.2, 0.25) is 0 Å². The van der Waals surface area contributed by atoms with Crippen LogP contribution in [0.4, 0.5) is 0 Å². The number of aliphatic hydroxyl groups excluding tert-OH is 1. The molecule has 0 aromatic carbocycles. The summed E-state index contributed by atoms with van der Waals surface area (Å²) in [5.74, 6) is 1.92. The largest absolute Gasteiger partial charge is 0.492 e. The zero-order valence-corrected chi connectivity index (χ0v) is 10.3. The lowest BCUT2D eigenvalue weighted by atomic mass is 9.67. The third kappa shape index (κ3) is 1.42. The lowest BCUT2D eigenvalue weighted by Crippen LogP contribution is -2.38.